The zero-order valence-electron chi connectivity index (χ0n) is 13.8. The quantitative estimate of drug-likeness (QED) is 0.646. The molecule has 5 heteroatoms. The van der Waals surface area contributed by atoms with Crippen molar-refractivity contribution in [3.63, 3.8) is 0 Å². The molecule has 1 saturated heterocycles. The topological polar surface area (TPSA) is 49.8 Å². The normalized spacial score (nSPS) is 16.8. The molecule has 22 heavy (non-hydrogen) atoms. The molecule has 1 fully saturated rings. The van der Waals surface area contributed by atoms with E-state index in [9.17, 15) is 0 Å². The second-order valence-corrected chi connectivity index (χ2v) is 5.49. The molecule has 2 rings (SSSR count). The minimum atomic E-state index is 0.416. The maximum atomic E-state index is 5.72. The van der Waals surface area contributed by atoms with E-state index in [2.05, 4.69) is 35.1 Å². The van der Waals surface area contributed by atoms with Crippen molar-refractivity contribution >= 4 is 5.96 Å². The summed E-state index contributed by atoms with van der Waals surface area (Å²) in [6.07, 6.45) is 7.23. The van der Waals surface area contributed by atoms with Gasteiger partial charge in [-0.2, -0.15) is 0 Å². The molecule has 0 spiro atoms. The molecule has 5 nitrogen and oxygen atoms in total. The number of nitrogens with zero attached hydrogens (tertiary/aromatic N) is 3. The number of hydrogen-bond donors (Lipinski definition) is 1. The van der Waals surface area contributed by atoms with Crippen molar-refractivity contribution in [1.29, 1.82) is 0 Å². The third kappa shape index (κ3) is 5.30. The molecule has 1 aliphatic rings. The fraction of sp³-hybridized carbons (Fsp3) is 0.647. The summed E-state index contributed by atoms with van der Waals surface area (Å²) in [5.41, 5.74) is 1.23. The molecule has 1 aromatic rings. The molecule has 0 amide bonds. The largest absolute Gasteiger partial charge is 0.378 e. The number of aliphatic imine (C=N–C) groups is 1. The van der Waals surface area contributed by atoms with E-state index in [0.29, 0.717) is 6.10 Å². The molecule has 0 saturated carbocycles. The maximum absolute atomic E-state index is 5.72. The van der Waals surface area contributed by atoms with Crippen LogP contribution in [-0.4, -0.2) is 54.7 Å². The summed E-state index contributed by atoms with van der Waals surface area (Å²) in [6.45, 7) is 8.72. The standard InChI is InChI=1S/C17H28N4O/c1-3-19-17(20-11-7-15-6-5-10-18-14-15)21-12-8-16(9-13-21)22-4-2/h5-6,10,14,16H,3-4,7-9,11-13H2,1-2H3,(H,19,20). The predicted molar refractivity (Wildman–Crippen MR) is 90.1 cm³/mol. The van der Waals surface area contributed by atoms with Gasteiger partial charge in [0.05, 0.1) is 6.10 Å². The van der Waals surface area contributed by atoms with E-state index in [1.807, 2.05) is 12.3 Å². The Morgan fingerprint density at radius 1 is 1.41 bits per heavy atom. The second-order valence-electron chi connectivity index (χ2n) is 5.49. The molecule has 0 atom stereocenters. The first-order chi connectivity index (χ1) is 10.8. The molecule has 0 aromatic carbocycles. The van der Waals surface area contributed by atoms with Crippen LogP contribution in [0.25, 0.3) is 0 Å². The summed E-state index contributed by atoms with van der Waals surface area (Å²) in [5, 5.41) is 3.40. The molecular weight excluding hydrogens is 276 g/mol. The SMILES string of the molecule is CCNC(=NCCc1cccnc1)N1CCC(OCC)CC1. The highest BCUT2D eigenvalue weighted by Crippen LogP contribution is 2.13. The number of likely N-dealkylation sites (tertiary alicyclic amines) is 1. The number of ether oxygens (including phenoxy) is 1. The summed E-state index contributed by atoms with van der Waals surface area (Å²) in [7, 11) is 0. The van der Waals surface area contributed by atoms with Crippen LogP contribution in [0.1, 0.15) is 32.3 Å². The molecule has 2 heterocycles. The molecule has 1 aromatic heterocycles. The highest BCUT2D eigenvalue weighted by atomic mass is 16.5. The van der Waals surface area contributed by atoms with Crippen LogP contribution < -0.4 is 5.32 Å². The Morgan fingerprint density at radius 3 is 2.86 bits per heavy atom. The van der Waals surface area contributed by atoms with Crippen LogP contribution in [0.15, 0.2) is 29.5 Å². The predicted octanol–water partition coefficient (Wildman–Crippen LogP) is 2.09. The Balaban J connectivity index is 1.85. The number of hydrogen-bond acceptors (Lipinski definition) is 3. The summed E-state index contributed by atoms with van der Waals surface area (Å²) in [5.74, 6) is 1.03. The van der Waals surface area contributed by atoms with Gasteiger partial charge >= 0.3 is 0 Å². The molecule has 1 N–H and O–H groups in total. The number of aromatic nitrogens is 1. The van der Waals surface area contributed by atoms with E-state index in [-0.39, 0.29) is 0 Å². The van der Waals surface area contributed by atoms with Gasteiger partial charge in [0.2, 0.25) is 0 Å². The first-order valence-corrected chi connectivity index (χ1v) is 8.37. The Kier molecular flexibility index (Phi) is 7.16. The van der Waals surface area contributed by atoms with Crippen LogP contribution in [0.2, 0.25) is 0 Å². The number of nitrogens with one attached hydrogen (secondary N) is 1. The van der Waals surface area contributed by atoms with Crippen molar-refractivity contribution in [3.8, 4) is 0 Å². The van der Waals surface area contributed by atoms with E-state index in [1.165, 1.54) is 5.56 Å². The monoisotopic (exact) mass is 304 g/mol. The second kappa shape index (κ2) is 9.41. The van der Waals surface area contributed by atoms with Crippen LogP contribution in [0.3, 0.4) is 0 Å². The van der Waals surface area contributed by atoms with Gasteiger partial charge in [-0.1, -0.05) is 6.07 Å². The fourth-order valence-electron chi connectivity index (χ4n) is 2.73. The van der Waals surface area contributed by atoms with Gasteiger partial charge in [0.15, 0.2) is 5.96 Å². The van der Waals surface area contributed by atoms with Crippen LogP contribution in [0, 0.1) is 0 Å². The van der Waals surface area contributed by atoms with Gasteiger partial charge in [-0.3, -0.25) is 9.98 Å². The Bertz CT molecular complexity index is 441. The lowest BCUT2D eigenvalue weighted by Crippen LogP contribution is -2.47. The number of pyridine rings is 1. The average molecular weight is 304 g/mol. The summed E-state index contributed by atoms with van der Waals surface area (Å²) in [6, 6.07) is 4.08. The summed E-state index contributed by atoms with van der Waals surface area (Å²) < 4.78 is 5.72. The third-order valence-corrected chi connectivity index (χ3v) is 3.86. The van der Waals surface area contributed by atoms with E-state index >= 15 is 0 Å². The third-order valence-electron chi connectivity index (χ3n) is 3.86. The molecule has 0 unspecified atom stereocenters. The lowest BCUT2D eigenvalue weighted by molar-refractivity contribution is 0.0264. The first kappa shape index (κ1) is 16.7. The molecule has 122 valence electrons. The number of guanidine groups is 1. The summed E-state index contributed by atoms with van der Waals surface area (Å²) >= 11 is 0. The fourth-order valence-corrected chi connectivity index (χ4v) is 2.73. The van der Waals surface area contributed by atoms with Crippen LogP contribution in [0.5, 0.6) is 0 Å². The van der Waals surface area contributed by atoms with Crippen LogP contribution in [-0.2, 0) is 11.2 Å². The van der Waals surface area contributed by atoms with Crippen molar-refractivity contribution in [2.24, 2.45) is 4.99 Å². The van der Waals surface area contributed by atoms with Crippen LogP contribution >= 0.6 is 0 Å². The highest BCUT2D eigenvalue weighted by molar-refractivity contribution is 5.80. The highest BCUT2D eigenvalue weighted by Gasteiger charge is 2.21. The van der Waals surface area contributed by atoms with Gasteiger partial charge in [-0.15, -0.1) is 0 Å². The van der Waals surface area contributed by atoms with E-state index in [0.717, 1.165) is 58.0 Å². The van der Waals surface area contributed by atoms with Crippen molar-refractivity contribution < 1.29 is 4.74 Å². The van der Waals surface area contributed by atoms with E-state index < -0.39 is 0 Å². The molecular formula is C17H28N4O. The molecule has 0 bridgehead atoms. The minimum Gasteiger partial charge on any atom is -0.378 e. The Hall–Kier alpha value is -1.62. The zero-order valence-corrected chi connectivity index (χ0v) is 13.8. The van der Waals surface area contributed by atoms with Crippen molar-refractivity contribution in [2.45, 2.75) is 39.2 Å². The Morgan fingerprint density at radius 2 is 2.23 bits per heavy atom. The van der Waals surface area contributed by atoms with Gasteiger partial charge in [-0.25, -0.2) is 0 Å². The van der Waals surface area contributed by atoms with Crippen molar-refractivity contribution in [3.05, 3.63) is 30.1 Å². The number of rotatable bonds is 6. The van der Waals surface area contributed by atoms with Crippen molar-refractivity contribution in [2.75, 3.05) is 32.8 Å². The average Bonchev–Trinajstić information content (AvgIpc) is 2.56. The lowest BCUT2D eigenvalue weighted by atomic mass is 10.1. The van der Waals surface area contributed by atoms with Gasteiger partial charge in [0.1, 0.15) is 0 Å². The minimum absolute atomic E-state index is 0.416. The van der Waals surface area contributed by atoms with Gasteiger partial charge < -0.3 is 15.0 Å². The molecule has 0 aliphatic carbocycles. The smallest absolute Gasteiger partial charge is 0.193 e. The van der Waals surface area contributed by atoms with Gasteiger partial charge in [-0.05, 0) is 44.7 Å². The number of piperidine rings is 1. The van der Waals surface area contributed by atoms with Gasteiger partial charge in [0, 0.05) is 45.2 Å². The van der Waals surface area contributed by atoms with E-state index in [1.54, 1.807) is 6.20 Å². The van der Waals surface area contributed by atoms with Crippen LogP contribution in [0.4, 0.5) is 0 Å². The maximum Gasteiger partial charge on any atom is 0.193 e. The van der Waals surface area contributed by atoms with Gasteiger partial charge in [0.25, 0.3) is 0 Å². The first-order valence-electron chi connectivity index (χ1n) is 8.37. The lowest BCUT2D eigenvalue weighted by Gasteiger charge is -2.34. The van der Waals surface area contributed by atoms with E-state index in [4.69, 9.17) is 9.73 Å². The van der Waals surface area contributed by atoms with Crippen molar-refractivity contribution in [1.82, 2.24) is 15.2 Å². The molecule has 0 radical (unpaired) electrons. The zero-order chi connectivity index (χ0) is 15.6. The molecule has 1 aliphatic heterocycles. The summed E-state index contributed by atoms with van der Waals surface area (Å²) in [4.78, 5) is 11.3. The Labute approximate surface area is 133 Å².